The van der Waals surface area contributed by atoms with Gasteiger partial charge in [-0.2, -0.15) is 5.26 Å². The summed E-state index contributed by atoms with van der Waals surface area (Å²) in [5.41, 5.74) is 2.92. The van der Waals surface area contributed by atoms with Crippen LogP contribution in [0.3, 0.4) is 0 Å². The molecule has 4 heteroatoms. The second kappa shape index (κ2) is 8.53. The van der Waals surface area contributed by atoms with Gasteiger partial charge in [-0.15, -0.1) is 0 Å². The molecule has 2 aromatic rings. The Morgan fingerprint density at radius 3 is 2.23 bits per heavy atom. The summed E-state index contributed by atoms with van der Waals surface area (Å²) >= 11 is 0. The number of amides is 1. The first-order chi connectivity index (χ1) is 12.3. The first-order valence-electron chi connectivity index (χ1n) is 8.87. The Kier molecular flexibility index (Phi) is 6.41. The Bertz CT molecular complexity index is 766. The highest BCUT2D eigenvalue weighted by molar-refractivity contribution is 5.94. The summed E-state index contributed by atoms with van der Waals surface area (Å²) in [5.74, 6) is 0.504. The van der Waals surface area contributed by atoms with Crippen molar-refractivity contribution in [1.82, 2.24) is 0 Å². The fourth-order valence-corrected chi connectivity index (χ4v) is 2.54. The van der Waals surface area contributed by atoms with Crippen molar-refractivity contribution in [2.75, 3.05) is 5.32 Å². The largest absolute Gasteiger partial charge is 0.481 e. The SMILES string of the molecule is CC[C@H](Oc1ccc(C(C)(C)C)cc1)C(=O)Nc1ccc(CC#N)cc1. The Morgan fingerprint density at radius 1 is 1.12 bits per heavy atom. The minimum absolute atomic E-state index is 0.0811. The standard InChI is InChI=1S/C22H26N2O2/c1-5-20(26-19-12-8-17(9-13-19)22(2,3)4)21(25)24-18-10-6-16(7-11-18)14-15-23/h6-13,20H,5,14H2,1-4H3,(H,24,25)/t20-/m0/s1. The van der Waals surface area contributed by atoms with E-state index in [1.807, 2.05) is 43.3 Å². The molecule has 26 heavy (non-hydrogen) atoms. The number of nitriles is 1. The third-order valence-corrected chi connectivity index (χ3v) is 4.17. The molecule has 4 nitrogen and oxygen atoms in total. The lowest BCUT2D eigenvalue weighted by Crippen LogP contribution is -2.32. The number of hydrogen-bond donors (Lipinski definition) is 1. The minimum Gasteiger partial charge on any atom is -0.481 e. The third kappa shape index (κ3) is 5.35. The van der Waals surface area contributed by atoms with Crippen molar-refractivity contribution in [3.8, 4) is 11.8 Å². The molecule has 136 valence electrons. The van der Waals surface area contributed by atoms with E-state index in [0.29, 0.717) is 24.3 Å². The summed E-state index contributed by atoms with van der Waals surface area (Å²) in [7, 11) is 0. The maximum absolute atomic E-state index is 12.5. The van der Waals surface area contributed by atoms with Crippen LogP contribution in [0.2, 0.25) is 0 Å². The monoisotopic (exact) mass is 350 g/mol. The number of carbonyl (C=O) groups is 1. The highest BCUT2D eigenvalue weighted by atomic mass is 16.5. The van der Waals surface area contributed by atoms with Crippen LogP contribution in [0.25, 0.3) is 0 Å². The Hall–Kier alpha value is -2.80. The van der Waals surface area contributed by atoms with Crippen LogP contribution in [-0.4, -0.2) is 12.0 Å². The molecule has 2 rings (SSSR count). The Balaban J connectivity index is 2.01. The molecule has 0 saturated heterocycles. The van der Waals surface area contributed by atoms with Crippen molar-refractivity contribution in [2.45, 2.75) is 52.1 Å². The third-order valence-electron chi connectivity index (χ3n) is 4.17. The Morgan fingerprint density at radius 2 is 1.73 bits per heavy atom. The smallest absolute Gasteiger partial charge is 0.265 e. The van der Waals surface area contributed by atoms with Crippen LogP contribution in [0, 0.1) is 11.3 Å². The van der Waals surface area contributed by atoms with E-state index in [0.717, 1.165) is 5.56 Å². The molecule has 0 aliphatic heterocycles. The average Bonchev–Trinajstić information content (AvgIpc) is 2.61. The summed E-state index contributed by atoms with van der Waals surface area (Å²) in [5, 5.41) is 11.6. The molecule has 1 N–H and O–H groups in total. The van der Waals surface area contributed by atoms with Gasteiger partial charge in [-0.05, 0) is 47.2 Å². The molecule has 0 fully saturated rings. The topological polar surface area (TPSA) is 62.1 Å². The maximum atomic E-state index is 12.5. The van der Waals surface area contributed by atoms with Gasteiger partial charge in [0.25, 0.3) is 5.91 Å². The molecule has 0 aromatic heterocycles. The van der Waals surface area contributed by atoms with E-state index in [1.165, 1.54) is 5.56 Å². The molecule has 1 atom stereocenters. The normalized spacial score (nSPS) is 12.1. The van der Waals surface area contributed by atoms with E-state index < -0.39 is 6.10 Å². The molecule has 0 saturated carbocycles. The fourth-order valence-electron chi connectivity index (χ4n) is 2.54. The van der Waals surface area contributed by atoms with Gasteiger partial charge in [0, 0.05) is 5.69 Å². The van der Waals surface area contributed by atoms with Crippen LogP contribution < -0.4 is 10.1 Å². The maximum Gasteiger partial charge on any atom is 0.265 e. The summed E-state index contributed by atoms with van der Waals surface area (Å²) in [6.45, 7) is 8.40. The van der Waals surface area contributed by atoms with E-state index in [2.05, 4.69) is 32.2 Å². The Labute approximate surface area is 155 Å². The molecule has 0 spiro atoms. The molecular formula is C22H26N2O2. The summed E-state index contributed by atoms with van der Waals surface area (Å²) in [6.07, 6.45) is 0.369. The van der Waals surface area contributed by atoms with Crippen LogP contribution in [0.1, 0.15) is 45.2 Å². The molecule has 2 aromatic carbocycles. The van der Waals surface area contributed by atoms with Gasteiger partial charge in [0.2, 0.25) is 0 Å². The molecule has 1 amide bonds. The first-order valence-corrected chi connectivity index (χ1v) is 8.87. The van der Waals surface area contributed by atoms with Gasteiger partial charge in [-0.1, -0.05) is 52.0 Å². The molecule has 0 aliphatic carbocycles. The van der Waals surface area contributed by atoms with Gasteiger partial charge in [-0.3, -0.25) is 4.79 Å². The van der Waals surface area contributed by atoms with Gasteiger partial charge in [-0.25, -0.2) is 0 Å². The number of nitrogens with one attached hydrogen (secondary N) is 1. The second-order valence-electron chi connectivity index (χ2n) is 7.31. The van der Waals surface area contributed by atoms with Crippen LogP contribution in [0.15, 0.2) is 48.5 Å². The molecule has 0 unspecified atom stereocenters. The number of anilines is 1. The molecule has 0 radical (unpaired) electrons. The fraction of sp³-hybridized carbons (Fsp3) is 0.364. The van der Waals surface area contributed by atoms with Crippen molar-refractivity contribution in [2.24, 2.45) is 0 Å². The molecular weight excluding hydrogens is 324 g/mol. The zero-order valence-corrected chi connectivity index (χ0v) is 15.9. The van der Waals surface area contributed by atoms with E-state index >= 15 is 0 Å². The van der Waals surface area contributed by atoms with Gasteiger partial charge in [0.1, 0.15) is 5.75 Å². The molecule has 0 heterocycles. The van der Waals surface area contributed by atoms with Crippen LogP contribution >= 0.6 is 0 Å². The van der Waals surface area contributed by atoms with Crippen molar-refractivity contribution in [3.05, 3.63) is 59.7 Å². The van der Waals surface area contributed by atoms with Gasteiger partial charge >= 0.3 is 0 Å². The lowest BCUT2D eigenvalue weighted by atomic mass is 9.87. The lowest BCUT2D eigenvalue weighted by Gasteiger charge is -2.21. The molecule has 0 bridgehead atoms. The summed E-state index contributed by atoms with van der Waals surface area (Å²) in [6, 6.07) is 17.3. The number of ether oxygens (including phenoxy) is 1. The predicted octanol–water partition coefficient (Wildman–Crippen LogP) is 4.85. The van der Waals surface area contributed by atoms with Crippen molar-refractivity contribution in [1.29, 1.82) is 5.26 Å². The minimum atomic E-state index is -0.561. The number of nitrogens with zero attached hydrogens (tertiary/aromatic N) is 1. The highest BCUT2D eigenvalue weighted by Gasteiger charge is 2.19. The zero-order valence-electron chi connectivity index (χ0n) is 15.9. The highest BCUT2D eigenvalue weighted by Crippen LogP contribution is 2.25. The van der Waals surface area contributed by atoms with Crippen molar-refractivity contribution < 1.29 is 9.53 Å². The first kappa shape index (κ1) is 19.5. The molecule has 0 aliphatic rings. The predicted molar refractivity (Wildman–Crippen MR) is 104 cm³/mol. The average molecular weight is 350 g/mol. The quantitative estimate of drug-likeness (QED) is 0.810. The van der Waals surface area contributed by atoms with E-state index in [4.69, 9.17) is 10.00 Å². The van der Waals surface area contributed by atoms with Gasteiger partial charge in [0.05, 0.1) is 12.5 Å². The summed E-state index contributed by atoms with van der Waals surface area (Å²) < 4.78 is 5.87. The van der Waals surface area contributed by atoms with Crippen LogP contribution in [0.5, 0.6) is 5.75 Å². The summed E-state index contributed by atoms with van der Waals surface area (Å²) in [4.78, 5) is 12.5. The van der Waals surface area contributed by atoms with Crippen LogP contribution in [-0.2, 0) is 16.6 Å². The lowest BCUT2D eigenvalue weighted by molar-refractivity contribution is -0.122. The number of hydrogen-bond acceptors (Lipinski definition) is 3. The van der Waals surface area contributed by atoms with E-state index in [9.17, 15) is 4.79 Å². The van der Waals surface area contributed by atoms with E-state index in [-0.39, 0.29) is 11.3 Å². The van der Waals surface area contributed by atoms with Gasteiger partial charge in [0.15, 0.2) is 6.10 Å². The zero-order chi connectivity index (χ0) is 19.2. The van der Waals surface area contributed by atoms with Crippen molar-refractivity contribution in [3.63, 3.8) is 0 Å². The van der Waals surface area contributed by atoms with Gasteiger partial charge < -0.3 is 10.1 Å². The van der Waals surface area contributed by atoms with Crippen LogP contribution in [0.4, 0.5) is 5.69 Å². The van der Waals surface area contributed by atoms with E-state index in [1.54, 1.807) is 12.1 Å². The number of carbonyl (C=O) groups excluding carboxylic acids is 1. The number of rotatable bonds is 6. The second-order valence-corrected chi connectivity index (χ2v) is 7.31. The van der Waals surface area contributed by atoms with Crippen molar-refractivity contribution >= 4 is 11.6 Å². The number of benzene rings is 2.